The maximum absolute atomic E-state index is 11.9. The maximum Gasteiger partial charge on any atom is 0.331 e. The Bertz CT molecular complexity index is 532. The first-order chi connectivity index (χ1) is 10.0. The molecule has 1 aromatic rings. The second-order valence-electron chi connectivity index (χ2n) is 5.04. The second kappa shape index (κ2) is 7.45. The Kier molecular flexibility index (Phi) is 5.61. The minimum atomic E-state index is -0.800. The molecule has 5 nitrogen and oxygen atoms in total. The van der Waals surface area contributed by atoms with E-state index < -0.39 is 12.1 Å². The Hall–Kier alpha value is -1.56. The van der Waals surface area contributed by atoms with Gasteiger partial charge in [-0.05, 0) is 53.9 Å². The first-order valence-corrected chi connectivity index (χ1v) is 7.78. The van der Waals surface area contributed by atoms with Crippen LogP contribution < -0.4 is 5.32 Å². The summed E-state index contributed by atoms with van der Waals surface area (Å²) in [6.45, 7) is 1.57. The molecule has 1 amide bonds. The number of rotatable bonds is 5. The third kappa shape index (κ3) is 5.04. The molecule has 1 aliphatic carbocycles. The van der Waals surface area contributed by atoms with Gasteiger partial charge in [-0.15, -0.1) is 0 Å². The molecule has 21 heavy (non-hydrogen) atoms. The lowest BCUT2D eigenvalue weighted by Crippen LogP contribution is -2.40. The largest absolute Gasteiger partial charge is 0.450 e. The van der Waals surface area contributed by atoms with Gasteiger partial charge in [0.1, 0.15) is 5.76 Å². The third-order valence-corrected chi connectivity index (χ3v) is 3.77. The number of hydrogen-bond acceptors (Lipinski definition) is 4. The molecule has 1 N–H and O–H groups in total. The lowest BCUT2D eigenvalue weighted by Gasteiger charge is -2.16. The summed E-state index contributed by atoms with van der Waals surface area (Å²) in [5, 5.41) is 2.90. The summed E-state index contributed by atoms with van der Waals surface area (Å²) < 4.78 is 10.9. The van der Waals surface area contributed by atoms with Crippen LogP contribution in [0.1, 0.15) is 38.4 Å². The molecule has 1 aliphatic rings. The zero-order valence-electron chi connectivity index (χ0n) is 11.8. The van der Waals surface area contributed by atoms with Gasteiger partial charge in [-0.1, -0.05) is 12.8 Å². The van der Waals surface area contributed by atoms with Gasteiger partial charge < -0.3 is 14.5 Å². The van der Waals surface area contributed by atoms with Crippen LogP contribution in [0.25, 0.3) is 6.08 Å². The molecule has 1 atom stereocenters. The lowest BCUT2D eigenvalue weighted by atomic mass is 10.2. The van der Waals surface area contributed by atoms with Crippen LogP contribution in [-0.2, 0) is 14.3 Å². The topological polar surface area (TPSA) is 68.5 Å². The number of nitrogens with one attached hydrogen (secondary N) is 1. The molecule has 2 rings (SSSR count). The summed E-state index contributed by atoms with van der Waals surface area (Å²) in [4.78, 5) is 23.5. The fourth-order valence-electron chi connectivity index (χ4n) is 2.22. The average Bonchev–Trinajstić information content (AvgIpc) is 3.08. The third-order valence-electron chi connectivity index (χ3n) is 3.34. The summed E-state index contributed by atoms with van der Waals surface area (Å²) in [6.07, 6.45) is 6.21. The Balaban J connectivity index is 1.78. The molecule has 0 bridgehead atoms. The zero-order chi connectivity index (χ0) is 15.2. The van der Waals surface area contributed by atoms with Gasteiger partial charge >= 0.3 is 5.97 Å². The molecule has 1 saturated carbocycles. The number of ether oxygens (including phenoxy) is 1. The highest BCUT2D eigenvalue weighted by molar-refractivity contribution is 9.10. The van der Waals surface area contributed by atoms with Gasteiger partial charge in [0.15, 0.2) is 10.8 Å². The van der Waals surface area contributed by atoms with E-state index in [0.717, 1.165) is 25.7 Å². The lowest BCUT2D eigenvalue weighted by molar-refractivity contribution is -0.150. The zero-order valence-corrected chi connectivity index (χ0v) is 13.4. The summed E-state index contributed by atoms with van der Waals surface area (Å²) >= 11 is 3.17. The fraction of sp³-hybridized carbons (Fsp3) is 0.467. The predicted octanol–water partition coefficient (Wildman–Crippen LogP) is 3.05. The van der Waals surface area contributed by atoms with Crippen LogP contribution in [0.4, 0.5) is 0 Å². The van der Waals surface area contributed by atoms with Crippen LogP contribution in [0.15, 0.2) is 27.3 Å². The highest BCUT2D eigenvalue weighted by atomic mass is 79.9. The van der Waals surface area contributed by atoms with E-state index in [4.69, 9.17) is 9.15 Å². The number of amides is 1. The molecular formula is C15H18BrNO4. The van der Waals surface area contributed by atoms with E-state index >= 15 is 0 Å². The molecule has 1 fully saturated rings. The van der Waals surface area contributed by atoms with Gasteiger partial charge in [0, 0.05) is 12.1 Å². The van der Waals surface area contributed by atoms with Crippen molar-refractivity contribution in [3.8, 4) is 0 Å². The minimum Gasteiger partial charge on any atom is -0.450 e. The Morgan fingerprint density at radius 2 is 2.14 bits per heavy atom. The Morgan fingerprint density at radius 1 is 1.43 bits per heavy atom. The SMILES string of the molecule is CC(OC(=O)C=Cc1ccc(Br)o1)C(=O)NC1CCCC1. The monoisotopic (exact) mass is 355 g/mol. The van der Waals surface area contributed by atoms with Crippen LogP contribution in [0.5, 0.6) is 0 Å². The van der Waals surface area contributed by atoms with Crippen molar-refractivity contribution in [1.29, 1.82) is 0 Å². The van der Waals surface area contributed by atoms with E-state index in [1.54, 1.807) is 19.1 Å². The van der Waals surface area contributed by atoms with Crippen LogP contribution in [-0.4, -0.2) is 24.0 Å². The molecule has 0 aliphatic heterocycles. The van der Waals surface area contributed by atoms with E-state index in [-0.39, 0.29) is 11.9 Å². The van der Waals surface area contributed by atoms with Crippen molar-refractivity contribution >= 4 is 33.9 Å². The molecule has 6 heteroatoms. The van der Waals surface area contributed by atoms with Crippen molar-refractivity contribution in [3.05, 3.63) is 28.6 Å². The van der Waals surface area contributed by atoms with Crippen LogP contribution in [0.3, 0.4) is 0 Å². The molecule has 0 radical (unpaired) electrons. The highest BCUT2D eigenvalue weighted by Crippen LogP contribution is 2.18. The molecule has 1 aromatic heterocycles. The molecule has 114 valence electrons. The fourth-order valence-corrected chi connectivity index (χ4v) is 2.54. The van der Waals surface area contributed by atoms with Crippen molar-refractivity contribution < 1.29 is 18.7 Å². The molecule has 0 spiro atoms. The number of esters is 1. The standard InChI is InChI=1S/C15H18BrNO4/c1-10(15(19)17-11-4-2-3-5-11)20-14(18)9-7-12-6-8-13(16)21-12/h6-11H,2-5H2,1H3,(H,17,19). The summed E-state index contributed by atoms with van der Waals surface area (Å²) in [5.74, 6) is -0.289. The van der Waals surface area contributed by atoms with Gasteiger partial charge in [0.2, 0.25) is 0 Å². The van der Waals surface area contributed by atoms with Crippen molar-refractivity contribution in [2.24, 2.45) is 0 Å². The molecule has 1 heterocycles. The Labute approximate surface area is 131 Å². The van der Waals surface area contributed by atoms with Gasteiger partial charge in [-0.3, -0.25) is 4.79 Å². The molecule has 0 aromatic carbocycles. The van der Waals surface area contributed by atoms with Crippen LogP contribution >= 0.6 is 15.9 Å². The number of hydrogen-bond donors (Lipinski definition) is 1. The first-order valence-electron chi connectivity index (χ1n) is 6.99. The van der Waals surface area contributed by atoms with Crippen molar-refractivity contribution in [2.45, 2.75) is 44.8 Å². The summed E-state index contributed by atoms with van der Waals surface area (Å²) in [5.41, 5.74) is 0. The van der Waals surface area contributed by atoms with E-state index in [1.165, 1.54) is 12.2 Å². The average molecular weight is 356 g/mol. The van der Waals surface area contributed by atoms with Crippen LogP contribution in [0.2, 0.25) is 0 Å². The van der Waals surface area contributed by atoms with Crippen LogP contribution in [0, 0.1) is 0 Å². The summed E-state index contributed by atoms with van der Waals surface area (Å²) in [6, 6.07) is 3.65. The number of carbonyl (C=O) groups is 2. The van der Waals surface area contributed by atoms with Crippen molar-refractivity contribution in [2.75, 3.05) is 0 Å². The highest BCUT2D eigenvalue weighted by Gasteiger charge is 2.22. The molecule has 0 saturated heterocycles. The molecule has 1 unspecified atom stereocenters. The van der Waals surface area contributed by atoms with Crippen molar-refractivity contribution in [3.63, 3.8) is 0 Å². The van der Waals surface area contributed by atoms with Gasteiger partial charge in [0.25, 0.3) is 5.91 Å². The van der Waals surface area contributed by atoms with Gasteiger partial charge in [-0.2, -0.15) is 0 Å². The smallest absolute Gasteiger partial charge is 0.331 e. The van der Waals surface area contributed by atoms with E-state index in [1.807, 2.05) is 0 Å². The number of halogens is 1. The van der Waals surface area contributed by atoms with Gasteiger partial charge in [-0.25, -0.2) is 4.79 Å². The van der Waals surface area contributed by atoms with Crippen molar-refractivity contribution in [1.82, 2.24) is 5.32 Å². The number of carbonyl (C=O) groups excluding carboxylic acids is 2. The van der Waals surface area contributed by atoms with E-state index in [9.17, 15) is 9.59 Å². The van der Waals surface area contributed by atoms with Gasteiger partial charge in [0.05, 0.1) is 0 Å². The van der Waals surface area contributed by atoms with E-state index in [2.05, 4.69) is 21.2 Å². The number of furan rings is 1. The minimum absolute atomic E-state index is 0.217. The predicted molar refractivity (Wildman–Crippen MR) is 81.4 cm³/mol. The summed E-state index contributed by atoms with van der Waals surface area (Å²) in [7, 11) is 0. The van der Waals surface area contributed by atoms with E-state index in [0.29, 0.717) is 10.4 Å². The first kappa shape index (κ1) is 15.8. The quantitative estimate of drug-likeness (QED) is 0.650. The second-order valence-corrected chi connectivity index (χ2v) is 5.83. The maximum atomic E-state index is 11.9. The normalized spacial score (nSPS) is 17.0. The molecular weight excluding hydrogens is 338 g/mol. The Morgan fingerprint density at radius 3 is 2.76 bits per heavy atom.